The average molecular weight is 168 g/mol. The zero-order chi connectivity index (χ0) is 8.81. The van der Waals surface area contributed by atoms with E-state index in [-0.39, 0.29) is 0 Å². The zero-order valence-electron chi connectivity index (χ0n) is 7.49. The maximum atomic E-state index is 4.91. The maximum Gasteiger partial charge on any atom is 0.0679 e. The van der Waals surface area contributed by atoms with Crippen molar-refractivity contribution in [3.05, 3.63) is 24.0 Å². The van der Waals surface area contributed by atoms with E-state index in [1.54, 1.807) is 0 Å². The van der Waals surface area contributed by atoms with Crippen LogP contribution in [0.2, 0.25) is 0 Å². The highest BCUT2D eigenvalue weighted by Crippen LogP contribution is 2.04. The predicted molar refractivity (Wildman–Crippen MR) is 48.5 cm³/mol. The molecule has 68 valence electrons. The minimum Gasteiger partial charge on any atom is -0.354 e. The molecule has 0 unspecified atom stereocenters. The second-order valence-electron chi connectivity index (χ2n) is 2.94. The van der Waals surface area contributed by atoms with E-state index in [0.29, 0.717) is 6.61 Å². The Labute approximate surface area is 73.1 Å². The van der Waals surface area contributed by atoms with Crippen molar-refractivity contribution in [2.24, 2.45) is 12.9 Å². The minimum atomic E-state index is 0.657. The average Bonchev–Trinajstić information content (AvgIpc) is 2.46. The normalized spacial score (nSPS) is 10.5. The number of nitrogens with zero attached hydrogens (tertiary/aromatic N) is 1. The van der Waals surface area contributed by atoms with E-state index in [1.165, 1.54) is 5.69 Å². The summed E-state index contributed by atoms with van der Waals surface area (Å²) in [5.74, 6) is 4.91. The minimum absolute atomic E-state index is 0.657. The molecule has 3 nitrogen and oxygen atoms in total. The summed E-state index contributed by atoms with van der Waals surface area (Å²) in [7, 11) is 2.06. The third-order valence-corrected chi connectivity index (χ3v) is 2.00. The number of nitrogens with two attached hydrogens (primary N) is 1. The number of aromatic nitrogens is 1. The summed E-state index contributed by atoms with van der Waals surface area (Å²) < 4.78 is 2.14. The summed E-state index contributed by atoms with van der Waals surface area (Å²) in [6.07, 6.45) is 5.33. The third kappa shape index (κ3) is 2.68. The first-order valence-corrected chi connectivity index (χ1v) is 4.26. The number of unbranched alkanes of at least 4 members (excludes halogenated alkanes) is 1. The second kappa shape index (κ2) is 4.95. The number of aryl methyl sites for hydroxylation is 2. The second-order valence-corrected chi connectivity index (χ2v) is 2.94. The molecule has 0 aliphatic rings. The highest BCUT2D eigenvalue weighted by atomic mass is 16.6. The van der Waals surface area contributed by atoms with Gasteiger partial charge in [0.15, 0.2) is 0 Å². The van der Waals surface area contributed by atoms with Crippen molar-refractivity contribution in [1.29, 1.82) is 0 Å². The van der Waals surface area contributed by atoms with Gasteiger partial charge >= 0.3 is 0 Å². The van der Waals surface area contributed by atoms with Gasteiger partial charge in [-0.15, -0.1) is 0 Å². The van der Waals surface area contributed by atoms with E-state index < -0.39 is 0 Å². The fourth-order valence-corrected chi connectivity index (χ4v) is 1.25. The van der Waals surface area contributed by atoms with Crippen molar-refractivity contribution in [3.8, 4) is 0 Å². The van der Waals surface area contributed by atoms with Crippen molar-refractivity contribution >= 4 is 0 Å². The van der Waals surface area contributed by atoms with Gasteiger partial charge in [-0.25, -0.2) is 5.90 Å². The van der Waals surface area contributed by atoms with Crippen LogP contribution in [0.4, 0.5) is 0 Å². The fraction of sp³-hybridized carbons (Fsp3) is 0.556. The van der Waals surface area contributed by atoms with Crippen LogP contribution in [0, 0.1) is 0 Å². The summed E-state index contributed by atoms with van der Waals surface area (Å²) in [6.45, 7) is 0.657. The Morgan fingerprint density at radius 1 is 1.50 bits per heavy atom. The van der Waals surface area contributed by atoms with E-state index in [4.69, 9.17) is 5.90 Å². The molecule has 1 heterocycles. The quantitative estimate of drug-likeness (QED) is 0.530. The van der Waals surface area contributed by atoms with Crippen LogP contribution in [-0.2, 0) is 18.3 Å². The van der Waals surface area contributed by atoms with E-state index in [2.05, 4.69) is 34.8 Å². The molecule has 0 aromatic carbocycles. The van der Waals surface area contributed by atoms with Gasteiger partial charge in [-0.05, 0) is 31.4 Å². The monoisotopic (exact) mass is 168 g/mol. The lowest BCUT2D eigenvalue weighted by Gasteiger charge is -2.02. The summed E-state index contributed by atoms with van der Waals surface area (Å²) in [5, 5.41) is 0. The largest absolute Gasteiger partial charge is 0.354 e. The van der Waals surface area contributed by atoms with E-state index in [1.807, 2.05) is 0 Å². The molecule has 0 aliphatic carbocycles. The van der Waals surface area contributed by atoms with Gasteiger partial charge < -0.3 is 9.40 Å². The Bertz CT molecular complexity index is 220. The molecule has 0 spiro atoms. The fourth-order valence-electron chi connectivity index (χ4n) is 1.25. The number of rotatable bonds is 5. The molecule has 0 amide bonds. The molecular formula is C9H16N2O. The van der Waals surface area contributed by atoms with Crippen molar-refractivity contribution in [2.75, 3.05) is 6.61 Å². The van der Waals surface area contributed by atoms with Crippen molar-refractivity contribution in [1.82, 2.24) is 4.57 Å². The molecule has 0 bridgehead atoms. The first-order valence-electron chi connectivity index (χ1n) is 4.26. The van der Waals surface area contributed by atoms with Crippen LogP contribution >= 0.6 is 0 Å². The molecule has 12 heavy (non-hydrogen) atoms. The highest BCUT2D eigenvalue weighted by molar-refractivity contribution is 5.06. The first kappa shape index (κ1) is 9.29. The molecule has 0 aliphatic heterocycles. The van der Waals surface area contributed by atoms with Gasteiger partial charge in [0.2, 0.25) is 0 Å². The topological polar surface area (TPSA) is 40.2 Å². The molecule has 0 fully saturated rings. The summed E-state index contributed by atoms with van der Waals surface area (Å²) in [6, 6.07) is 4.21. The molecule has 3 heteroatoms. The standard InChI is InChI=1S/C9H16N2O/c1-11-7-4-6-9(11)5-2-3-8-12-10/h4,6-7H,2-3,5,8,10H2,1H3. The van der Waals surface area contributed by atoms with E-state index >= 15 is 0 Å². The van der Waals surface area contributed by atoms with Gasteiger partial charge in [-0.1, -0.05) is 0 Å². The van der Waals surface area contributed by atoms with Gasteiger partial charge in [-0.2, -0.15) is 0 Å². The van der Waals surface area contributed by atoms with E-state index in [0.717, 1.165) is 19.3 Å². The van der Waals surface area contributed by atoms with Crippen LogP contribution in [0.25, 0.3) is 0 Å². The molecule has 0 radical (unpaired) electrons. The van der Waals surface area contributed by atoms with Crippen molar-refractivity contribution in [3.63, 3.8) is 0 Å². The summed E-state index contributed by atoms with van der Waals surface area (Å²) in [4.78, 5) is 4.48. The van der Waals surface area contributed by atoms with Crippen LogP contribution < -0.4 is 5.90 Å². The van der Waals surface area contributed by atoms with Gasteiger partial charge in [0.05, 0.1) is 6.61 Å². The molecule has 0 saturated heterocycles. The van der Waals surface area contributed by atoms with Gasteiger partial charge in [0, 0.05) is 18.9 Å². The van der Waals surface area contributed by atoms with Crippen molar-refractivity contribution < 1.29 is 4.84 Å². The lowest BCUT2D eigenvalue weighted by Crippen LogP contribution is -2.02. The first-order chi connectivity index (χ1) is 5.84. The van der Waals surface area contributed by atoms with Crippen LogP contribution in [-0.4, -0.2) is 11.2 Å². The molecule has 1 rings (SSSR count). The SMILES string of the molecule is Cn1cccc1CCCCON. The third-order valence-electron chi connectivity index (χ3n) is 2.00. The zero-order valence-corrected chi connectivity index (χ0v) is 7.49. The molecule has 1 aromatic rings. The molecule has 0 atom stereocenters. The van der Waals surface area contributed by atoms with Crippen LogP contribution in [0.1, 0.15) is 18.5 Å². The highest BCUT2D eigenvalue weighted by Gasteiger charge is 1.95. The number of hydrogen-bond acceptors (Lipinski definition) is 2. The van der Waals surface area contributed by atoms with Crippen LogP contribution in [0.3, 0.4) is 0 Å². The lowest BCUT2D eigenvalue weighted by atomic mass is 10.2. The predicted octanol–water partition coefficient (Wildman–Crippen LogP) is 1.24. The summed E-state index contributed by atoms with van der Waals surface area (Å²) >= 11 is 0. The van der Waals surface area contributed by atoms with Gasteiger partial charge in [-0.3, -0.25) is 0 Å². The Morgan fingerprint density at radius 2 is 2.33 bits per heavy atom. The smallest absolute Gasteiger partial charge is 0.0679 e. The summed E-state index contributed by atoms with van der Waals surface area (Å²) in [5.41, 5.74) is 1.37. The van der Waals surface area contributed by atoms with Crippen LogP contribution in [0.5, 0.6) is 0 Å². The van der Waals surface area contributed by atoms with Crippen molar-refractivity contribution in [2.45, 2.75) is 19.3 Å². The van der Waals surface area contributed by atoms with Gasteiger partial charge in [0.1, 0.15) is 0 Å². The van der Waals surface area contributed by atoms with E-state index in [9.17, 15) is 0 Å². The Hall–Kier alpha value is -0.800. The Morgan fingerprint density at radius 3 is 2.92 bits per heavy atom. The molecule has 2 N–H and O–H groups in total. The molecule has 1 aromatic heterocycles. The Balaban J connectivity index is 2.20. The maximum absolute atomic E-state index is 4.91. The lowest BCUT2D eigenvalue weighted by molar-refractivity contribution is 0.134. The Kier molecular flexibility index (Phi) is 3.84. The number of hydrogen-bond donors (Lipinski definition) is 1. The van der Waals surface area contributed by atoms with Gasteiger partial charge in [0.25, 0.3) is 0 Å². The molecular weight excluding hydrogens is 152 g/mol. The van der Waals surface area contributed by atoms with Crippen LogP contribution in [0.15, 0.2) is 18.3 Å². The molecule has 0 saturated carbocycles.